The second-order valence-electron chi connectivity index (χ2n) is 9.61. The number of fused-ring (bicyclic) bond motifs is 3. The second kappa shape index (κ2) is 10.1. The van der Waals surface area contributed by atoms with E-state index < -0.39 is 24.2 Å². The highest BCUT2D eigenvalue weighted by molar-refractivity contribution is 5.86. The van der Waals surface area contributed by atoms with Crippen molar-refractivity contribution < 1.29 is 29.0 Å². The molecule has 184 valence electrons. The number of hydrogen-bond acceptors (Lipinski definition) is 5. The van der Waals surface area contributed by atoms with Gasteiger partial charge in [0, 0.05) is 12.5 Å². The Morgan fingerprint density at radius 1 is 0.971 bits per heavy atom. The van der Waals surface area contributed by atoms with Crippen LogP contribution in [0.15, 0.2) is 48.5 Å². The van der Waals surface area contributed by atoms with Crippen LogP contribution in [-0.2, 0) is 19.1 Å². The predicted molar refractivity (Wildman–Crippen MR) is 128 cm³/mol. The molecule has 0 radical (unpaired) electrons. The van der Waals surface area contributed by atoms with E-state index in [1.807, 2.05) is 24.3 Å². The summed E-state index contributed by atoms with van der Waals surface area (Å²) in [6, 6.07) is 15.6. The van der Waals surface area contributed by atoms with Crippen LogP contribution in [0.4, 0.5) is 4.79 Å². The normalized spacial score (nSPS) is 21.6. The van der Waals surface area contributed by atoms with Gasteiger partial charge in [-0.1, -0.05) is 61.4 Å². The quantitative estimate of drug-likeness (QED) is 0.509. The largest absolute Gasteiger partial charge is 0.479 e. The first-order valence-electron chi connectivity index (χ1n) is 12.3. The van der Waals surface area contributed by atoms with Gasteiger partial charge < -0.3 is 25.2 Å². The average molecular weight is 479 g/mol. The van der Waals surface area contributed by atoms with E-state index in [-0.39, 0.29) is 31.1 Å². The molecule has 8 nitrogen and oxygen atoms in total. The van der Waals surface area contributed by atoms with E-state index >= 15 is 0 Å². The summed E-state index contributed by atoms with van der Waals surface area (Å²) in [6.07, 6.45) is 1.87. The maximum Gasteiger partial charge on any atom is 0.407 e. The van der Waals surface area contributed by atoms with Gasteiger partial charge in [0.05, 0.1) is 6.10 Å². The van der Waals surface area contributed by atoms with Gasteiger partial charge in [-0.05, 0) is 47.4 Å². The zero-order valence-corrected chi connectivity index (χ0v) is 19.4. The van der Waals surface area contributed by atoms with E-state index in [9.17, 15) is 14.4 Å². The van der Waals surface area contributed by atoms with Crippen LogP contribution in [0.2, 0.25) is 0 Å². The molecule has 35 heavy (non-hydrogen) atoms. The van der Waals surface area contributed by atoms with Crippen molar-refractivity contribution in [2.45, 2.75) is 56.3 Å². The third kappa shape index (κ3) is 5.32. The number of carboxylic acids is 1. The zero-order valence-electron chi connectivity index (χ0n) is 19.4. The lowest BCUT2D eigenvalue weighted by atomic mass is 9.98. The van der Waals surface area contributed by atoms with Crippen molar-refractivity contribution in [3.63, 3.8) is 0 Å². The van der Waals surface area contributed by atoms with Crippen LogP contribution in [-0.4, -0.2) is 54.5 Å². The van der Waals surface area contributed by atoms with Crippen molar-refractivity contribution in [2.75, 3.05) is 13.2 Å². The number of amides is 2. The molecule has 1 aliphatic heterocycles. The summed E-state index contributed by atoms with van der Waals surface area (Å²) in [6.45, 7) is 0.403. The molecule has 2 aromatic rings. The Bertz CT molecular complexity index is 1070. The number of carbonyl (C=O) groups is 3. The van der Waals surface area contributed by atoms with Crippen molar-refractivity contribution in [2.24, 2.45) is 5.92 Å². The first kappa shape index (κ1) is 23.4. The van der Waals surface area contributed by atoms with Crippen molar-refractivity contribution in [3.8, 4) is 11.1 Å². The Labute approximate surface area is 204 Å². The Morgan fingerprint density at radius 2 is 1.63 bits per heavy atom. The molecule has 0 spiro atoms. The highest BCUT2D eigenvalue weighted by Crippen LogP contribution is 2.44. The molecular formula is C27H30N2O6. The van der Waals surface area contributed by atoms with Gasteiger partial charge in [-0.3, -0.25) is 4.79 Å². The minimum Gasteiger partial charge on any atom is -0.479 e. The van der Waals surface area contributed by atoms with Gasteiger partial charge >= 0.3 is 12.1 Å². The summed E-state index contributed by atoms with van der Waals surface area (Å²) in [5.41, 5.74) is 4.57. The molecule has 1 heterocycles. The fourth-order valence-electron chi connectivity index (χ4n) is 5.08. The Kier molecular flexibility index (Phi) is 6.72. The summed E-state index contributed by atoms with van der Waals surface area (Å²) in [7, 11) is 0. The van der Waals surface area contributed by atoms with Crippen LogP contribution < -0.4 is 10.6 Å². The molecule has 3 aliphatic rings. The van der Waals surface area contributed by atoms with E-state index in [0.717, 1.165) is 35.1 Å². The molecule has 3 N–H and O–H groups in total. The van der Waals surface area contributed by atoms with Gasteiger partial charge in [0.2, 0.25) is 5.91 Å². The fraction of sp³-hybridized carbons (Fsp3) is 0.444. The zero-order chi connectivity index (χ0) is 24.4. The van der Waals surface area contributed by atoms with Gasteiger partial charge in [0.25, 0.3) is 0 Å². The standard InChI is InChI=1S/C27H30N2O6/c30-25(28-14-17-11-12-24(35-17)26(31)32)23(13-16-9-10-16)29-27(33)34-15-22-20-7-3-1-5-18(20)19-6-2-4-8-21(19)22/h1-8,16-17,22-24H,9-15H2,(H,28,30)(H,29,33)(H,31,32)/t17?,23-,24?/m0/s1. The van der Waals surface area contributed by atoms with E-state index in [4.69, 9.17) is 14.6 Å². The monoisotopic (exact) mass is 478 g/mol. The number of rotatable bonds is 9. The first-order valence-corrected chi connectivity index (χ1v) is 12.3. The minimum atomic E-state index is -0.984. The fourth-order valence-corrected chi connectivity index (χ4v) is 5.08. The van der Waals surface area contributed by atoms with Gasteiger partial charge in [-0.15, -0.1) is 0 Å². The molecule has 2 aromatic carbocycles. The van der Waals surface area contributed by atoms with Crippen LogP contribution in [0.5, 0.6) is 0 Å². The molecule has 3 atom stereocenters. The SMILES string of the molecule is O=C(N[C@@H](CC1CC1)C(=O)NCC1CCC(C(=O)O)O1)OCC1c2ccccc2-c2ccccc21. The molecule has 2 aliphatic carbocycles. The molecule has 1 saturated carbocycles. The Morgan fingerprint density at radius 3 is 2.23 bits per heavy atom. The lowest BCUT2D eigenvalue weighted by Crippen LogP contribution is -2.49. The van der Waals surface area contributed by atoms with Crippen molar-refractivity contribution in [1.29, 1.82) is 0 Å². The molecule has 2 amide bonds. The van der Waals surface area contributed by atoms with Crippen molar-refractivity contribution in [1.82, 2.24) is 10.6 Å². The van der Waals surface area contributed by atoms with E-state index in [0.29, 0.717) is 25.2 Å². The molecule has 2 fully saturated rings. The lowest BCUT2D eigenvalue weighted by molar-refractivity contribution is -0.149. The third-order valence-corrected chi connectivity index (χ3v) is 7.11. The minimum absolute atomic E-state index is 0.0504. The molecule has 8 heteroatoms. The molecule has 2 unspecified atom stereocenters. The first-order chi connectivity index (χ1) is 17.0. The van der Waals surface area contributed by atoms with E-state index in [1.165, 1.54) is 0 Å². The topological polar surface area (TPSA) is 114 Å². The summed E-state index contributed by atoms with van der Waals surface area (Å²) < 4.78 is 11.1. The molecule has 1 saturated heterocycles. The Hall–Kier alpha value is -3.39. The third-order valence-electron chi connectivity index (χ3n) is 7.11. The van der Waals surface area contributed by atoms with Crippen LogP contribution >= 0.6 is 0 Å². The number of benzene rings is 2. The molecular weight excluding hydrogens is 448 g/mol. The number of hydrogen-bond donors (Lipinski definition) is 3. The highest BCUT2D eigenvalue weighted by Gasteiger charge is 2.34. The number of alkyl carbamates (subject to hydrolysis) is 1. The maximum absolute atomic E-state index is 12.8. The number of ether oxygens (including phenoxy) is 2. The number of nitrogens with one attached hydrogen (secondary N) is 2. The van der Waals surface area contributed by atoms with Gasteiger partial charge in [0.15, 0.2) is 6.10 Å². The summed E-state index contributed by atoms with van der Waals surface area (Å²) in [5.74, 6) is -0.917. The van der Waals surface area contributed by atoms with E-state index in [1.54, 1.807) is 0 Å². The molecule has 5 rings (SSSR count). The van der Waals surface area contributed by atoms with Crippen LogP contribution in [0.25, 0.3) is 11.1 Å². The second-order valence-corrected chi connectivity index (χ2v) is 9.61. The summed E-state index contributed by atoms with van der Waals surface area (Å²) in [4.78, 5) is 36.6. The van der Waals surface area contributed by atoms with Gasteiger partial charge in [0.1, 0.15) is 12.6 Å². The van der Waals surface area contributed by atoms with Crippen molar-refractivity contribution in [3.05, 3.63) is 59.7 Å². The highest BCUT2D eigenvalue weighted by atomic mass is 16.5. The average Bonchev–Trinajstić information content (AvgIpc) is 3.44. The number of carbonyl (C=O) groups excluding carboxylic acids is 2. The molecule has 0 aromatic heterocycles. The van der Waals surface area contributed by atoms with Crippen LogP contribution in [0.3, 0.4) is 0 Å². The number of carboxylic acid groups (broad SMARTS) is 1. The maximum atomic E-state index is 12.8. The van der Waals surface area contributed by atoms with Crippen LogP contribution in [0.1, 0.15) is 49.1 Å². The van der Waals surface area contributed by atoms with Gasteiger partial charge in [-0.25, -0.2) is 9.59 Å². The molecule has 0 bridgehead atoms. The van der Waals surface area contributed by atoms with Crippen LogP contribution in [0, 0.1) is 5.92 Å². The lowest BCUT2D eigenvalue weighted by Gasteiger charge is -2.20. The smallest absolute Gasteiger partial charge is 0.407 e. The summed E-state index contributed by atoms with van der Waals surface area (Å²) >= 11 is 0. The van der Waals surface area contributed by atoms with E-state index in [2.05, 4.69) is 34.9 Å². The van der Waals surface area contributed by atoms with Crippen molar-refractivity contribution >= 4 is 18.0 Å². The van der Waals surface area contributed by atoms with Gasteiger partial charge in [-0.2, -0.15) is 0 Å². The predicted octanol–water partition coefficient (Wildman–Crippen LogP) is 3.44. The number of aliphatic carboxylic acids is 1. The summed E-state index contributed by atoms with van der Waals surface area (Å²) in [5, 5.41) is 14.6. The Balaban J connectivity index is 1.17.